The van der Waals surface area contributed by atoms with Gasteiger partial charge in [0.1, 0.15) is 11.6 Å². The SMILES string of the molecule is N#Cc1cc2c(=O)n(CCN3CCCCCC3)ccc2[nH]c1=O. The summed E-state index contributed by atoms with van der Waals surface area (Å²) in [5.41, 5.74) is -0.170. The Morgan fingerprint density at radius 2 is 1.87 bits per heavy atom. The van der Waals surface area contributed by atoms with Crippen LogP contribution in [0.15, 0.2) is 27.9 Å². The molecule has 0 aromatic carbocycles. The Balaban J connectivity index is 1.85. The number of aromatic nitrogens is 2. The maximum atomic E-state index is 12.6. The monoisotopic (exact) mass is 312 g/mol. The smallest absolute Gasteiger partial charge is 0.266 e. The van der Waals surface area contributed by atoms with Crippen molar-refractivity contribution in [2.45, 2.75) is 32.2 Å². The molecule has 0 unspecified atom stereocenters. The van der Waals surface area contributed by atoms with Crippen LogP contribution < -0.4 is 11.1 Å². The molecule has 0 spiro atoms. The van der Waals surface area contributed by atoms with E-state index in [9.17, 15) is 9.59 Å². The van der Waals surface area contributed by atoms with Crippen molar-refractivity contribution >= 4 is 10.9 Å². The number of aromatic amines is 1. The van der Waals surface area contributed by atoms with Crippen molar-refractivity contribution in [1.82, 2.24) is 14.5 Å². The molecule has 2 aromatic heterocycles. The minimum absolute atomic E-state index is 0.0279. The molecule has 1 fully saturated rings. The van der Waals surface area contributed by atoms with E-state index < -0.39 is 5.56 Å². The summed E-state index contributed by atoms with van der Waals surface area (Å²) in [7, 11) is 0. The van der Waals surface area contributed by atoms with Crippen molar-refractivity contribution < 1.29 is 0 Å². The van der Waals surface area contributed by atoms with E-state index >= 15 is 0 Å². The third kappa shape index (κ3) is 3.35. The zero-order valence-corrected chi connectivity index (χ0v) is 13.0. The molecular weight excluding hydrogens is 292 g/mol. The molecule has 0 aliphatic carbocycles. The molecule has 1 aliphatic heterocycles. The topological polar surface area (TPSA) is 81.9 Å². The standard InChI is InChI=1S/C17H20N4O2/c18-12-13-11-14-15(19-16(13)22)5-8-21(17(14)23)10-9-20-6-3-1-2-4-7-20/h5,8,11H,1-4,6-7,9-10H2,(H,19,22). The Bertz CT molecular complexity index is 851. The van der Waals surface area contributed by atoms with Crippen molar-refractivity contribution in [2.75, 3.05) is 19.6 Å². The van der Waals surface area contributed by atoms with E-state index in [0.717, 1.165) is 19.6 Å². The highest BCUT2D eigenvalue weighted by molar-refractivity contribution is 5.78. The number of hydrogen-bond acceptors (Lipinski definition) is 4. The Labute approximate surface area is 134 Å². The minimum Gasteiger partial charge on any atom is -0.321 e. The largest absolute Gasteiger partial charge is 0.321 e. The Morgan fingerprint density at radius 1 is 1.13 bits per heavy atom. The number of pyridine rings is 2. The van der Waals surface area contributed by atoms with Crippen molar-refractivity contribution in [1.29, 1.82) is 5.26 Å². The summed E-state index contributed by atoms with van der Waals surface area (Å²) < 4.78 is 1.66. The first-order chi connectivity index (χ1) is 11.2. The number of nitrogens with zero attached hydrogens (tertiary/aromatic N) is 3. The second-order valence-corrected chi connectivity index (χ2v) is 6.02. The zero-order chi connectivity index (χ0) is 16.2. The molecule has 0 saturated carbocycles. The van der Waals surface area contributed by atoms with Crippen LogP contribution in [0.25, 0.3) is 10.9 Å². The van der Waals surface area contributed by atoms with Crippen LogP contribution in [0.5, 0.6) is 0 Å². The number of rotatable bonds is 3. The quantitative estimate of drug-likeness (QED) is 0.929. The first-order valence-corrected chi connectivity index (χ1v) is 8.08. The first kappa shape index (κ1) is 15.5. The van der Waals surface area contributed by atoms with E-state index in [1.165, 1.54) is 31.7 Å². The van der Waals surface area contributed by atoms with Crippen LogP contribution in [0.4, 0.5) is 0 Å². The lowest BCUT2D eigenvalue weighted by Crippen LogP contribution is -2.32. The maximum absolute atomic E-state index is 12.6. The van der Waals surface area contributed by atoms with Crippen LogP contribution in [0, 0.1) is 11.3 Å². The van der Waals surface area contributed by atoms with E-state index in [4.69, 9.17) is 5.26 Å². The van der Waals surface area contributed by atoms with Crippen LogP contribution in [0.1, 0.15) is 31.2 Å². The third-order valence-corrected chi connectivity index (χ3v) is 4.46. The van der Waals surface area contributed by atoms with E-state index in [1.807, 2.05) is 6.07 Å². The molecule has 3 rings (SSSR count). The van der Waals surface area contributed by atoms with Gasteiger partial charge in [-0.25, -0.2) is 0 Å². The van der Waals surface area contributed by atoms with E-state index in [2.05, 4.69) is 9.88 Å². The van der Waals surface area contributed by atoms with E-state index in [1.54, 1.807) is 16.8 Å². The summed E-state index contributed by atoms with van der Waals surface area (Å²) in [6, 6.07) is 4.94. The van der Waals surface area contributed by atoms with E-state index in [0.29, 0.717) is 17.4 Å². The van der Waals surface area contributed by atoms with Gasteiger partial charge in [-0.2, -0.15) is 5.26 Å². The third-order valence-electron chi connectivity index (χ3n) is 4.46. The number of nitrogens with one attached hydrogen (secondary N) is 1. The fourth-order valence-corrected chi connectivity index (χ4v) is 3.11. The number of H-pyrrole nitrogens is 1. The van der Waals surface area contributed by atoms with Crippen LogP contribution in [0.3, 0.4) is 0 Å². The number of fused-ring (bicyclic) bond motifs is 1. The molecule has 3 heterocycles. The summed E-state index contributed by atoms with van der Waals surface area (Å²) in [6.45, 7) is 3.65. The van der Waals surface area contributed by atoms with Crippen molar-refractivity contribution in [2.24, 2.45) is 0 Å². The highest BCUT2D eigenvalue weighted by atomic mass is 16.1. The second-order valence-electron chi connectivity index (χ2n) is 6.02. The van der Waals surface area contributed by atoms with Crippen molar-refractivity contribution in [3.8, 4) is 6.07 Å². The summed E-state index contributed by atoms with van der Waals surface area (Å²) in [4.78, 5) is 29.2. The van der Waals surface area contributed by atoms with Crippen LogP contribution in [-0.4, -0.2) is 34.1 Å². The Kier molecular flexibility index (Phi) is 4.58. The molecule has 1 aliphatic rings. The fourth-order valence-electron chi connectivity index (χ4n) is 3.11. The lowest BCUT2D eigenvalue weighted by atomic mass is 10.2. The summed E-state index contributed by atoms with van der Waals surface area (Å²) in [5, 5.41) is 9.34. The van der Waals surface area contributed by atoms with Gasteiger partial charge in [-0.05, 0) is 38.1 Å². The van der Waals surface area contributed by atoms with Crippen molar-refractivity contribution in [3.63, 3.8) is 0 Å². The number of hydrogen-bond donors (Lipinski definition) is 1. The molecule has 0 amide bonds. The second kappa shape index (κ2) is 6.80. The summed E-state index contributed by atoms with van der Waals surface area (Å²) in [6.07, 6.45) is 6.73. The van der Waals surface area contributed by atoms with Crippen LogP contribution in [-0.2, 0) is 6.54 Å². The summed E-state index contributed by atoms with van der Waals surface area (Å²) in [5.74, 6) is 0. The van der Waals surface area contributed by atoms with Crippen LogP contribution >= 0.6 is 0 Å². The first-order valence-electron chi connectivity index (χ1n) is 8.08. The van der Waals surface area contributed by atoms with Gasteiger partial charge in [0.15, 0.2) is 0 Å². The van der Waals surface area contributed by atoms with Gasteiger partial charge in [-0.3, -0.25) is 9.59 Å². The van der Waals surface area contributed by atoms with Gasteiger partial charge in [0, 0.05) is 19.3 Å². The van der Waals surface area contributed by atoms with Gasteiger partial charge < -0.3 is 14.5 Å². The summed E-state index contributed by atoms with van der Waals surface area (Å²) >= 11 is 0. The van der Waals surface area contributed by atoms with Gasteiger partial charge in [0.05, 0.1) is 10.9 Å². The molecule has 120 valence electrons. The number of nitriles is 1. The lowest BCUT2D eigenvalue weighted by molar-refractivity contribution is 0.272. The Morgan fingerprint density at radius 3 is 2.57 bits per heavy atom. The molecule has 6 nitrogen and oxygen atoms in total. The zero-order valence-electron chi connectivity index (χ0n) is 13.0. The van der Waals surface area contributed by atoms with Crippen molar-refractivity contribution in [3.05, 3.63) is 44.6 Å². The molecule has 1 saturated heterocycles. The molecule has 0 radical (unpaired) electrons. The fraction of sp³-hybridized carbons (Fsp3) is 0.471. The molecule has 6 heteroatoms. The average Bonchev–Trinajstić information content (AvgIpc) is 2.83. The number of likely N-dealkylation sites (tertiary alicyclic amines) is 1. The molecular formula is C17H20N4O2. The van der Waals surface area contributed by atoms with Gasteiger partial charge >= 0.3 is 0 Å². The van der Waals surface area contributed by atoms with Gasteiger partial charge in [-0.1, -0.05) is 12.8 Å². The van der Waals surface area contributed by atoms with Gasteiger partial charge in [0.25, 0.3) is 11.1 Å². The van der Waals surface area contributed by atoms with E-state index in [-0.39, 0.29) is 11.1 Å². The molecule has 0 bridgehead atoms. The molecule has 0 atom stereocenters. The highest BCUT2D eigenvalue weighted by Gasteiger charge is 2.11. The normalized spacial score (nSPS) is 16.1. The Hall–Kier alpha value is -2.39. The van der Waals surface area contributed by atoms with Gasteiger partial charge in [0.2, 0.25) is 0 Å². The lowest BCUT2D eigenvalue weighted by Gasteiger charge is -2.20. The predicted octanol–water partition coefficient (Wildman–Crippen LogP) is 1.44. The average molecular weight is 312 g/mol. The van der Waals surface area contributed by atoms with Gasteiger partial charge in [-0.15, -0.1) is 0 Å². The maximum Gasteiger partial charge on any atom is 0.266 e. The molecule has 23 heavy (non-hydrogen) atoms. The molecule has 2 aromatic rings. The van der Waals surface area contributed by atoms with Crippen LogP contribution in [0.2, 0.25) is 0 Å². The predicted molar refractivity (Wildman–Crippen MR) is 88.5 cm³/mol. The molecule has 1 N–H and O–H groups in total. The highest BCUT2D eigenvalue weighted by Crippen LogP contribution is 2.10. The minimum atomic E-state index is -0.457.